The Labute approximate surface area is 149 Å². The van der Waals surface area contributed by atoms with E-state index in [1.54, 1.807) is 0 Å². The summed E-state index contributed by atoms with van der Waals surface area (Å²) in [5, 5.41) is 0. The number of hydrogen-bond acceptors (Lipinski definition) is 1. The van der Waals surface area contributed by atoms with Crippen LogP contribution in [0, 0.1) is 0 Å². The Balaban J connectivity index is 1.50. The summed E-state index contributed by atoms with van der Waals surface area (Å²) in [6, 6.07) is 10.5. The van der Waals surface area contributed by atoms with Crippen LogP contribution in [0.25, 0.3) is 0 Å². The lowest BCUT2D eigenvalue weighted by Crippen LogP contribution is -2.28. The largest absolute Gasteiger partial charge is 0.373 e. The molecular formula is C22H33BO. The summed E-state index contributed by atoms with van der Waals surface area (Å²) in [7, 11) is 0. The van der Waals surface area contributed by atoms with Crippen molar-refractivity contribution in [3.63, 3.8) is 0 Å². The summed E-state index contributed by atoms with van der Waals surface area (Å²) < 4.78 is 5.86. The zero-order valence-electron chi connectivity index (χ0n) is 15.2. The molecule has 2 fully saturated rings. The lowest BCUT2D eigenvalue weighted by Gasteiger charge is -2.34. The van der Waals surface area contributed by atoms with Gasteiger partial charge in [0.15, 0.2) is 6.71 Å². The third-order valence-electron chi connectivity index (χ3n) is 6.07. The van der Waals surface area contributed by atoms with Crippen molar-refractivity contribution in [3.05, 3.63) is 47.9 Å². The van der Waals surface area contributed by atoms with Crippen LogP contribution in [0.15, 0.2) is 42.4 Å². The molecule has 2 heteroatoms. The predicted molar refractivity (Wildman–Crippen MR) is 105 cm³/mol. The minimum absolute atomic E-state index is 0.725. The Morgan fingerprint density at radius 2 is 1.42 bits per heavy atom. The summed E-state index contributed by atoms with van der Waals surface area (Å²) in [5.74, 6) is 4.41. The number of benzene rings is 1. The average Bonchev–Trinajstić information content (AvgIpc) is 2.67. The smallest absolute Gasteiger partial charge is 0.172 e. The highest BCUT2D eigenvalue weighted by molar-refractivity contribution is 6.67. The Hall–Kier alpha value is -1.02. The topological polar surface area (TPSA) is 9.23 Å². The molecule has 1 nitrogen and oxygen atoms in total. The van der Waals surface area contributed by atoms with Gasteiger partial charge in [-0.15, -0.1) is 5.98 Å². The van der Waals surface area contributed by atoms with Crippen molar-refractivity contribution in [1.29, 1.82) is 0 Å². The van der Waals surface area contributed by atoms with E-state index in [9.17, 15) is 0 Å². The molecule has 0 radical (unpaired) electrons. The highest BCUT2D eigenvalue weighted by Gasteiger charge is 2.32. The minimum Gasteiger partial charge on any atom is -0.373 e. The molecule has 0 saturated heterocycles. The summed E-state index contributed by atoms with van der Waals surface area (Å²) in [4.78, 5) is 0. The molecule has 2 aliphatic carbocycles. The molecule has 0 unspecified atom stereocenters. The number of ether oxygens (including phenoxy) is 1. The van der Waals surface area contributed by atoms with E-state index in [4.69, 9.17) is 4.74 Å². The van der Waals surface area contributed by atoms with E-state index in [2.05, 4.69) is 42.4 Å². The number of hydrogen-bond donors (Lipinski definition) is 0. The van der Waals surface area contributed by atoms with E-state index in [1.165, 1.54) is 69.8 Å². The van der Waals surface area contributed by atoms with Gasteiger partial charge in [-0.05, 0) is 5.56 Å². The van der Waals surface area contributed by atoms with Crippen LogP contribution in [0.3, 0.4) is 0 Å². The molecule has 2 aliphatic rings. The highest BCUT2D eigenvalue weighted by Crippen LogP contribution is 2.41. The molecule has 0 N–H and O–H groups in total. The molecule has 0 atom stereocenters. The van der Waals surface area contributed by atoms with E-state index < -0.39 is 0 Å². The van der Waals surface area contributed by atoms with Crippen molar-refractivity contribution in [2.24, 2.45) is 0 Å². The Kier molecular flexibility index (Phi) is 7.48. The molecule has 0 amide bonds. The van der Waals surface area contributed by atoms with Gasteiger partial charge < -0.3 is 4.74 Å². The van der Waals surface area contributed by atoms with Gasteiger partial charge in [0.05, 0.1) is 13.2 Å². The Morgan fingerprint density at radius 3 is 2.00 bits per heavy atom. The quantitative estimate of drug-likeness (QED) is 0.413. The first-order chi connectivity index (χ1) is 11.9. The van der Waals surface area contributed by atoms with Gasteiger partial charge in [-0.2, -0.15) is 0 Å². The average molecular weight is 324 g/mol. The fourth-order valence-electron chi connectivity index (χ4n) is 4.77. The normalized spacial score (nSPS) is 20.5. The van der Waals surface area contributed by atoms with E-state index in [0.29, 0.717) is 0 Å². The maximum absolute atomic E-state index is 5.86. The molecule has 0 aromatic heterocycles. The van der Waals surface area contributed by atoms with Crippen molar-refractivity contribution in [3.8, 4) is 0 Å². The van der Waals surface area contributed by atoms with Crippen LogP contribution in [0.5, 0.6) is 0 Å². The van der Waals surface area contributed by atoms with Crippen molar-refractivity contribution >= 4 is 6.71 Å². The summed E-state index contributed by atoms with van der Waals surface area (Å²) in [6.07, 6.45) is 16.9. The van der Waals surface area contributed by atoms with Crippen LogP contribution in [0.4, 0.5) is 0 Å². The molecular weight excluding hydrogens is 291 g/mol. The Bertz CT molecular complexity index is 454. The summed E-state index contributed by atoms with van der Waals surface area (Å²) >= 11 is 0. The zero-order chi connectivity index (χ0) is 16.5. The van der Waals surface area contributed by atoms with E-state index >= 15 is 0 Å². The lowest BCUT2D eigenvalue weighted by atomic mass is 9.30. The minimum atomic E-state index is 0.725. The first-order valence-corrected chi connectivity index (χ1v) is 10.2. The van der Waals surface area contributed by atoms with Crippen LogP contribution in [-0.2, 0) is 11.3 Å². The predicted octanol–water partition coefficient (Wildman–Crippen LogP) is 6.46. The van der Waals surface area contributed by atoms with Gasteiger partial charge in [0.25, 0.3) is 0 Å². The third kappa shape index (κ3) is 5.51. The van der Waals surface area contributed by atoms with Crippen LogP contribution in [0.1, 0.15) is 69.8 Å². The monoisotopic (exact) mass is 324 g/mol. The maximum Gasteiger partial charge on any atom is 0.172 e. The lowest BCUT2D eigenvalue weighted by molar-refractivity contribution is 0.149. The van der Waals surface area contributed by atoms with Gasteiger partial charge >= 0.3 is 0 Å². The summed E-state index contributed by atoms with van der Waals surface area (Å²) in [5.41, 5.74) is 1.27. The highest BCUT2D eigenvalue weighted by atomic mass is 16.5. The molecule has 2 saturated carbocycles. The second-order valence-corrected chi connectivity index (χ2v) is 7.80. The van der Waals surface area contributed by atoms with E-state index in [1.807, 2.05) is 0 Å². The standard InChI is InChI=1S/C22H33BO/c1-4-11-20(12-5-1)19-24-18-10-17-23(21-13-6-2-7-14-21)22-15-8-3-9-16-22/h1,4-5,10-12,17,21-22H,2-3,6-9,13-16,18-19H2/b17-10-. The van der Waals surface area contributed by atoms with Crippen LogP contribution >= 0.6 is 0 Å². The first kappa shape index (κ1) is 17.8. The maximum atomic E-state index is 5.86. The van der Waals surface area contributed by atoms with Crippen molar-refractivity contribution < 1.29 is 4.74 Å². The molecule has 0 spiro atoms. The SMILES string of the molecule is C(=C/B(C1CCCCC1)C1CCCCC1)/COCc1ccccc1. The van der Waals surface area contributed by atoms with Gasteiger partial charge in [-0.3, -0.25) is 0 Å². The molecule has 3 rings (SSSR count). The van der Waals surface area contributed by atoms with Crippen LogP contribution < -0.4 is 0 Å². The van der Waals surface area contributed by atoms with Crippen molar-refractivity contribution in [2.75, 3.05) is 6.61 Å². The second kappa shape index (κ2) is 10.1. The molecule has 130 valence electrons. The van der Waals surface area contributed by atoms with Gasteiger partial charge in [-0.1, -0.05) is 112 Å². The molecule has 0 bridgehead atoms. The molecule has 1 aromatic carbocycles. The Morgan fingerprint density at radius 1 is 0.833 bits per heavy atom. The molecule has 24 heavy (non-hydrogen) atoms. The number of rotatable bonds is 7. The fourth-order valence-corrected chi connectivity index (χ4v) is 4.77. The van der Waals surface area contributed by atoms with Crippen LogP contribution in [-0.4, -0.2) is 13.3 Å². The van der Waals surface area contributed by atoms with Gasteiger partial charge in [0, 0.05) is 0 Å². The summed E-state index contributed by atoms with van der Waals surface area (Å²) in [6.45, 7) is 2.29. The van der Waals surface area contributed by atoms with Gasteiger partial charge in [-0.25, -0.2) is 0 Å². The third-order valence-corrected chi connectivity index (χ3v) is 6.07. The van der Waals surface area contributed by atoms with Crippen molar-refractivity contribution in [1.82, 2.24) is 0 Å². The molecule has 0 heterocycles. The van der Waals surface area contributed by atoms with E-state index in [-0.39, 0.29) is 0 Å². The zero-order valence-corrected chi connectivity index (χ0v) is 15.2. The van der Waals surface area contributed by atoms with Gasteiger partial charge in [0.2, 0.25) is 0 Å². The van der Waals surface area contributed by atoms with Crippen molar-refractivity contribution in [2.45, 2.75) is 82.4 Å². The first-order valence-electron chi connectivity index (χ1n) is 10.2. The van der Waals surface area contributed by atoms with Crippen LogP contribution in [0.2, 0.25) is 11.6 Å². The molecule has 1 aromatic rings. The van der Waals surface area contributed by atoms with Gasteiger partial charge in [0.1, 0.15) is 0 Å². The van der Waals surface area contributed by atoms with E-state index in [0.717, 1.165) is 31.6 Å². The fraction of sp³-hybridized carbons (Fsp3) is 0.636. The molecule has 0 aliphatic heterocycles. The second-order valence-electron chi connectivity index (χ2n) is 7.80.